The Morgan fingerprint density at radius 3 is 2.85 bits per heavy atom. The summed E-state index contributed by atoms with van der Waals surface area (Å²) in [5.41, 5.74) is 7.45. The summed E-state index contributed by atoms with van der Waals surface area (Å²) in [6.45, 7) is 0. The Morgan fingerprint density at radius 2 is 2.20 bits per heavy atom. The van der Waals surface area contributed by atoms with E-state index in [0.29, 0.717) is 22.8 Å². The Hall–Kier alpha value is -2.08. The van der Waals surface area contributed by atoms with Gasteiger partial charge >= 0.3 is 0 Å². The lowest BCUT2D eigenvalue weighted by atomic mass is 10.2. The number of anilines is 2. The molecule has 0 bridgehead atoms. The molecule has 1 amide bonds. The normalized spacial score (nSPS) is 10.1. The van der Waals surface area contributed by atoms with Crippen molar-refractivity contribution in [1.29, 1.82) is 0 Å². The number of hydrogen-bond acceptors (Lipinski definition) is 4. The van der Waals surface area contributed by atoms with Crippen molar-refractivity contribution in [3.05, 3.63) is 46.7 Å². The first kappa shape index (κ1) is 14.3. The van der Waals surface area contributed by atoms with E-state index in [1.54, 1.807) is 31.4 Å². The van der Waals surface area contributed by atoms with Crippen LogP contribution in [0.25, 0.3) is 0 Å². The van der Waals surface area contributed by atoms with Crippen molar-refractivity contribution in [2.45, 2.75) is 6.42 Å². The van der Waals surface area contributed by atoms with Crippen LogP contribution in [-0.4, -0.2) is 18.0 Å². The average molecular weight is 336 g/mol. The molecule has 0 saturated heterocycles. The summed E-state index contributed by atoms with van der Waals surface area (Å²) in [6.07, 6.45) is 1.72. The Balaban J connectivity index is 2.04. The van der Waals surface area contributed by atoms with Gasteiger partial charge in [0.05, 0.1) is 25.4 Å². The van der Waals surface area contributed by atoms with Crippen molar-refractivity contribution < 1.29 is 9.53 Å². The fourth-order valence-corrected chi connectivity index (χ4v) is 2.14. The number of amides is 1. The van der Waals surface area contributed by atoms with Gasteiger partial charge in [-0.2, -0.15) is 0 Å². The van der Waals surface area contributed by atoms with Crippen LogP contribution in [-0.2, 0) is 11.2 Å². The molecule has 1 aromatic heterocycles. The molecule has 6 heteroatoms. The molecule has 1 heterocycles. The first-order chi connectivity index (χ1) is 9.56. The van der Waals surface area contributed by atoms with Crippen molar-refractivity contribution in [2.24, 2.45) is 0 Å². The molecule has 0 spiro atoms. The quantitative estimate of drug-likeness (QED) is 0.900. The molecule has 104 valence electrons. The van der Waals surface area contributed by atoms with Crippen molar-refractivity contribution >= 4 is 33.2 Å². The number of benzene rings is 1. The highest BCUT2D eigenvalue weighted by Gasteiger charge is 2.07. The number of methoxy groups -OCH3 is 1. The number of carbonyl (C=O) groups excluding carboxylic acids is 1. The summed E-state index contributed by atoms with van der Waals surface area (Å²) in [5, 5.41) is 2.80. The Labute approximate surface area is 125 Å². The lowest BCUT2D eigenvalue weighted by molar-refractivity contribution is -0.115. The van der Waals surface area contributed by atoms with Crippen LogP contribution in [0.1, 0.15) is 5.69 Å². The molecular formula is C14H14BrN3O2. The molecule has 0 aliphatic rings. The third-order valence-corrected chi connectivity index (χ3v) is 3.04. The van der Waals surface area contributed by atoms with Gasteiger partial charge < -0.3 is 15.8 Å². The monoisotopic (exact) mass is 335 g/mol. The van der Waals surface area contributed by atoms with Gasteiger partial charge in [-0.05, 0) is 24.3 Å². The topological polar surface area (TPSA) is 77.2 Å². The molecule has 3 N–H and O–H groups in total. The van der Waals surface area contributed by atoms with Crippen LogP contribution in [0.15, 0.2) is 41.0 Å². The minimum absolute atomic E-state index is 0.151. The highest BCUT2D eigenvalue weighted by molar-refractivity contribution is 9.10. The number of ether oxygens (including phenoxy) is 1. The standard InChI is InChI=1S/C14H14BrN3O2/c1-20-13-5-9(15)4-12(6-13)18-14(19)7-11-3-2-10(16)8-17-11/h2-6,8H,7,16H2,1H3,(H,18,19). The van der Waals surface area contributed by atoms with Crippen LogP contribution in [0.3, 0.4) is 0 Å². The van der Waals surface area contributed by atoms with Crippen molar-refractivity contribution in [3.63, 3.8) is 0 Å². The van der Waals surface area contributed by atoms with E-state index in [9.17, 15) is 4.79 Å². The zero-order valence-electron chi connectivity index (χ0n) is 10.9. The summed E-state index contributed by atoms with van der Waals surface area (Å²) >= 11 is 3.36. The Morgan fingerprint density at radius 1 is 1.40 bits per heavy atom. The number of rotatable bonds is 4. The highest BCUT2D eigenvalue weighted by Crippen LogP contribution is 2.24. The number of nitrogens with one attached hydrogen (secondary N) is 1. The SMILES string of the molecule is COc1cc(Br)cc(NC(=O)Cc2ccc(N)cn2)c1. The van der Waals surface area contributed by atoms with Crippen LogP contribution >= 0.6 is 15.9 Å². The predicted molar refractivity (Wildman–Crippen MR) is 81.7 cm³/mol. The van der Waals surface area contributed by atoms with Crippen molar-refractivity contribution in [1.82, 2.24) is 4.98 Å². The fraction of sp³-hybridized carbons (Fsp3) is 0.143. The molecule has 0 aliphatic heterocycles. The van der Waals surface area contributed by atoms with Gasteiger partial charge in [0.15, 0.2) is 0 Å². The molecule has 0 saturated carbocycles. The summed E-state index contributed by atoms with van der Waals surface area (Å²) in [6, 6.07) is 8.82. The van der Waals surface area contributed by atoms with Gasteiger partial charge in [-0.25, -0.2) is 0 Å². The Bertz CT molecular complexity index is 614. The number of nitrogens with two attached hydrogens (primary N) is 1. The molecule has 0 aliphatic carbocycles. The summed E-state index contributed by atoms with van der Waals surface area (Å²) in [5.74, 6) is 0.516. The van der Waals surface area contributed by atoms with E-state index < -0.39 is 0 Å². The van der Waals surface area contributed by atoms with Crippen LogP contribution < -0.4 is 15.8 Å². The predicted octanol–water partition coefficient (Wildman–Crippen LogP) is 2.62. The van der Waals surface area contributed by atoms with Crippen molar-refractivity contribution in [3.8, 4) is 5.75 Å². The van der Waals surface area contributed by atoms with Crippen LogP contribution in [0, 0.1) is 0 Å². The molecule has 0 atom stereocenters. The number of halogens is 1. The van der Waals surface area contributed by atoms with E-state index in [1.165, 1.54) is 6.20 Å². The molecular weight excluding hydrogens is 322 g/mol. The first-order valence-electron chi connectivity index (χ1n) is 5.91. The highest BCUT2D eigenvalue weighted by atomic mass is 79.9. The molecule has 0 unspecified atom stereocenters. The van der Waals surface area contributed by atoms with E-state index >= 15 is 0 Å². The van der Waals surface area contributed by atoms with Gasteiger partial charge in [0.2, 0.25) is 5.91 Å². The van der Waals surface area contributed by atoms with Gasteiger partial charge in [-0.3, -0.25) is 9.78 Å². The number of nitrogens with zero attached hydrogens (tertiary/aromatic N) is 1. The fourth-order valence-electron chi connectivity index (χ4n) is 1.66. The van der Waals surface area contributed by atoms with E-state index in [-0.39, 0.29) is 12.3 Å². The first-order valence-corrected chi connectivity index (χ1v) is 6.71. The maximum atomic E-state index is 11.9. The van der Waals surface area contributed by atoms with E-state index in [0.717, 1.165) is 4.47 Å². The second-order valence-electron chi connectivity index (χ2n) is 4.19. The summed E-state index contributed by atoms with van der Waals surface area (Å²) in [7, 11) is 1.58. The molecule has 1 aromatic carbocycles. The van der Waals surface area contributed by atoms with E-state index in [4.69, 9.17) is 10.5 Å². The summed E-state index contributed by atoms with van der Waals surface area (Å²) in [4.78, 5) is 16.0. The third-order valence-electron chi connectivity index (χ3n) is 2.58. The van der Waals surface area contributed by atoms with Gasteiger partial charge in [-0.15, -0.1) is 0 Å². The maximum Gasteiger partial charge on any atom is 0.230 e. The van der Waals surface area contributed by atoms with E-state index in [1.807, 2.05) is 6.07 Å². The molecule has 20 heavy (non-hydrogen) atoms. The molecule has 2 rings (SSSR count). The third kappa shape index (κ3) is 3.96. The minimum Gasteiger partial charge on any atom is -0.497 e. The van der Waals surface area contributed by atoms with Crippen LogP contribution in [0.2, 0.25) is 0 Å². The number of aromatic nitrogens is 1. The van der Waals surface area contributed by atoms with Crippen LogP contribution in [0.4, 0.5) is 11.4 Å². The summed E-state index contributed by atoms with van der Waals surface area (Å²) < 4.78 is 5.97. The van der Waals surface area contributed by atoms with Crippen LogP contribution in [0.5, 0.6) is 5.75 Å². The van der Waals surface area contributed by atoms with Gasteiger partial charge in [0.1, 0.15) is 5.75 Å². The molecule has 0 fully saturated rings. The number of hydrogen-bond donors (Lipinski definition) is 2. The molecule has 5 nitrogen and oxygen atoms in total. The van der Waals surface area contributed by atoms with Gasteiger partial charge in [0, 0.05) is 21.9 Å². The maximum absolute atomic E-state index is 11.9. The number of carbonyl (C=O) groups is 1. The lowest BCUT2D eigenvalue weighted by Crippen LogP contribution is -2.15. The van der Waals surface area contributed by atoms with Crippen molar-refractivity contribution in [2.75, 3.05) is 18.2 Å². The Kier molecular flexibility index (Phi) is 4.57. The second-order valence-corrected chi connectivity index (χ2v) is 5.10. The van der Waals surface area contributed by atoms with Gasteiger partial charge in [0.25, 0.3) is 0 Å². The van der Waals surface area contributed by atoms with E-state index in [2.05, 4.69) is 26.2 Å². The minimum atomic E-state index is -0.151. The molecule has 2 aromatic rings. The number of nitrogen functional groups attached to an aromatic ring is 1. The zero-order valence-corrected chi connectivity index (χ0v) is 12.5. The average Bonchev–Trinajstić information content (AvgIpc) is 2.40. The second kappa shape index (κ2) is 6.38. The van der Waals surface area contributed by atoms with Gasteiger partial charge in [-0.1, -0.05) is 15.9 Å². The lowest BCUT2D eigenvalue weighted by Gasteiger charge is -2.08. The smallest absolute Gasteiger partial charge is 0.230 e. The number of pyridine rings is 1. The largest absolute Gasteiger partial charge is 0.497 e. The molecule has 0 radical (unpaired) electrons. The zero-order chi connectivity index (χ0) is 14.5.